The summed E-state index contributed by atoms with van der Waals surface area (Å²) >= 11 is 1.28. The fourth-order valence-corrected chi connectivity index (χ4v) is 3.19. The minimum Gasteiger partial charge on any atom is -0.507 e. The SMILES string of the molecule is N#CC1=C(SCc2ccccc2)OC(c2ccccc2O)NC1=O. The second kappa shape index (κ2) is 7.11. The van der Waals surface area contributed by atoms with Gasteiger partial charge in [0, 0.05) is 5.75 Å². The van der Waals surface area contributed by atoms with Crippen molar-refractivity contribution in [2.45, 2.75) is 12.0 Å². The van der Waals surface area contributed by atoms with Crippen molar-refractivity contribution in [2.75, 3.05) is 0 Å². The number of benzene rings is 2. The summed E-state index contributed by atoms with van der Waals surface area (Å²) in [5.74, 6) is 0.0884. The molecule has 0 aliphatic carbocycles. The number of carbonyl (C=O) groups is 1. The van der Waals surface area contributed by atoms with Gasteiger partial charge in [-0.3, -0.25) is 4.79 Å². The summed E-state index contributed by atoms with van der Waals surface area (Å²) in [6.45, 7) is 0. The maximum Gasteiger partial charge on any atom is 0.269 e. The van der Waals surface area contributed by atoms with Crippen LogP contribution in [0.1, 0.15) is 17.4 Å². The fraction of sp³-hybridized carbons (Fsp3) is 0.111. The molecule has 0 bridgehead atoms. The highest BCUT2D eigenvalue weighted by atomic mass is 32.2. The van der Waals surface area contributed by atoms with Gasteiger partial charge in [-0.25, -0.2) is 0 Å². The van der Waals surface area contributed by atoms with Gasteiger partial charge >= 0.3 is 0 Å². The topological polar surface area (TPSA) is 82.3 Å². The van der Waals surface area contributed by atoms with Crippen molar-refractivity contribution in [1.82, 2.24) is 5.32 Å². The Morgan fingerprint density at radius 1 is 1.17 bits per heavy atom. The molecule has 0 spiro atoms. The Morgan fingerprint density at radius 2 is 1.88 bits per heavy atom. The number of nitrogens with one attached hydrogen (secondary N) is 1. The summed E-state index contributed by atoms with van der Waals surface area (Å²) in [5.41, 5.74) is 1.45. The molecule has 1 atom stereocenters. The van der Waals surface area contributed by atoms with Gasteiger partial charge in [0.2, 0.25) is 6.23 Å². The Kier molecular flexibility index (Phi) is 4.73. The van der Waals surface area contributed by atoms with E-state index in [0.717, 1.165) is 5.56 Å². The minimum absolute atomic E-state index is 0.0237. The number of para-hydroxylation sites is 1. The monoisotopic (exact) mass is 338 g/mol. The number of thioether (sulfide) groups is 1. The Bertz CT molecular complexity index is 828. The summed E-state index contributed by atoms with van der Waals surface area (Å²) in [4.78, 5) is 12.2. The zero-order valence-electron chi connectivity index (χ0n) is 12.6. The third kappa shape index (κ3) is 3.36. The van der Waals surface area contributed by atoms with Crippen LogP contribution in [0.15, 0.2) is 65.3 Å². The third-order valence-corrected chi connectivity index (χ3v) is 4.50. The van der Waals surface area contributed by atoms with Gasteiger partial charge in [0.25, 0.3) is 5.91 Å². The Hall–Kier alpha value is -2.91. The predicted octanol–water partition coefficient (Wildman–Crippen LogP) is 3.21. The number of ether oxygens (including phenoxy) is 1. The van der Waals surface area contributed by atoms with Crippen LogP contribution in [0.25, 0.3) is 0 Å². The number of rotatable bonds is 4. The molecule has 2 aromatic rings. The number of nitrogens with zero attached hydrogens (tertiary/aromatic N) is 1. The van der Waals surface area contributed by atoms with E-state index in [1.54, 1.807) is 18.2 Å². The molecular formula is C18H14N2O3S. The predicted molar refractivity (Wildman–Crippen MR) is 90.5 cm³/mol. The molecule has 3 rings (SSSR count). The molecule has 1 aliphatic heterocycles. The maximum absolute atomic E-state index is 12.2. The first-order chi connectivity index (χ1) is 11.7. The minimum atomic E-state index is -0.825. The molecule has 24 heavy (non-hydrogen) atoms. The molecule has 1 amide bonds. The number of amides is 1. The van der Waals surface area contributed by atoms with Crippen LogP contribution in [0.2, 0.25) is 0 Å². The van der Waals surface area contributed by atoms with Crippen LogP contribution in [0, 0.1) is 11.3 Å². The summed E-state index contributed by atoms with van der Waals surface area (Å²) in [7, 11) is 0. The fourth-order valence-electron chi connectivity index (χ4n) is 2.26. The van der Waals surface area contributed by atoms with E-state index >= 15 is 0 Å². The van der Waals surface area contributed by atoms with Gasteiger partial charge in [-0.1, -0.05) is 54.2 Å². The van der Waals surface area contributed by atoms with Crippen molar-refractivity contribution in [3.05, 3.63) is 76.4 Å². The Morgan fingerprint density at radius 3 is 2.58 bits per heavy atom. The van der Waals surface area contributed by atoms with Crippen LogP contribution in [0.5, 0.6) is 5.75 Å². The zero-order valence-corrected chi connectivity index (χ0v) is 13.4. The molecule has 0 saturated heterocycles. The molecule has 0 saturated carbocycles. The molecule has 2 aromatic carbocycles. The van der Waals surface area contributed by atoms with E-state index in [0.29, 0.717) is 11.3 Å². The largest absolute Gasteiger partial charge is 0.507 e. The standard InChI is InChI=1S/C18H14N2O3S/c19-10-14-16(22)20-17(13-8-4-5-9-15(13)21)23-18(14)24-11-12-6-2-1-3-7-12/h1-9,17,21H,11H2,(H,20,22). The first kappa shape index (κ1) is 16.0. The molecule has 1 unspecified atom stereocenters. The van der Waals surface area contributed by atoms with E-state index in [4.69, 9.17) is 4.74 Å². The van der Waals surface area contributed by atoms with Crippen molar-refractivity contribution in [3.63, 3.8) is 0 Å². The molecule has 2 N–H and O–H groups in total. The molecule has 6 heteroatoms. The number of nitriles is 1. The smallest absolute Gasteiger partial charge is 0.269 e. The molecule has 0 radical (unpaired) electrons. The lowest BCUT2D eigenvalue weighted by atomic mass is 10.1. The van der Waals surface area contributed by atoms with Gasteiger partial charge in [0.1, 0.15) is 11.8 Å². The number of phenols is 1. The second-order valence-electron chi connectivity index (χ2n) is 5.08. The summed E-state index contributed by atoms with van der Waals surface area (Å²) in [6.07, 6.45) is -0.825. The first-order valence-electron chi connectivity index (χ1n) is 7.25. The van der Waals surface area contributed by atoms with Gasteiger partial charge < -0.3 is 15.2 Å². The number of aromatic hydroxyl groups is 1. The molecular weight excluding hydrogens is 324 g/mol. The van der Waals surface area contributed by atoms with Gasteiger partial charge in [-0.2, -0.15) is 5.26 Å². The Labute approximate surface area is 143 Å². The van der Waals surface area contributed by atoms with Crippen LogP contribution in [0.3, 0.4) is 0 Å². The third-order valence-electron chi connectivity index (χ3n) is 3.46. The lowest BCUT2D eigenvalue weighted by Crippen LogP contribution is -2.35. The number of hydrogen-bond acceptors (Lipinski definition) is 5. The highest BCUT2D eigenvalue weighted by Crippen LogP contribution is 2.35. The number of phenolic OH excluding ortho intramolecular Hbond substituents is 1. The van der Waals surface area contributed by atoms with Gasteiger partial charge in [0.15, 0.2) is 10.7 Å². The average molecular weight is 338 g/mol. The molecule has 1 aliphatic rings. The highest BCUT2D eigenvalue weighted by Gasteiger charge is 2.31. The highest BCUT2D eigenvalue weighted by molar-refractivity contribution is 8.02. The zero-order chi connectivity index (χ0) is 16.9. The van der Waals surface area contributed by atoms with Gasteiger partial charge in [0.05, 0.1) is 5.56 Å². The van der Waals surface area contributed by atoms with E-state index in [-0.39, 0.29) is 16.4 Å². The quantitative estimate of drug-likeness (QED) is 0.894. The number of hydrogen-bond donors (Lipinski definition) is 2. The molecule has 120 valence electrons. The van der Waals surface area contributed by atoms with Gasteiger partial charge in [-0.05, 0) is 17.7 Å². The van der Waals surface area contributed by atoms with Crippen LogP contribution < -0.4 is 5.32 Å². The maximum atomic E-state index is 12.2. The summed E-state index contributed by atoms with van der Waals surface area (Å²) in [5, 5.41) is 22.0. The van der Waals surface area contributed by atoms with Crippen LogP contribution in [-0.4, -0.2) is 11.0 Å². The lowest BCUT2D eigenvalue weighted by Gasteiger charge is -2.27. The van der Waals surface area contributed by atoms with E-state index in [1.807, 2.05) is 36.4 Å². The van der Waals surface area contributed by atoms with Crippen LogP contribution in [0.4, 0.5) is 0 Å². The van der Waals surface area contributed by atoms with Crippen LogP contribution in [-0.2, 0) is 15.3 Å². The molecule has 0 aromatic heterocycles. The van der Waals surface area contributed by atoms with E-state index in [9.17, 15) is 15.2 Å². The van der Waals surface area contributed by atoms with Crippen molar-refractivity contribution in [3.8, 4) is 11.8 Å². The van der Waals surface area contributed by atoms with Gasteiger partial charge in [-0.15, -0.1) is 0 Å². The van der Waals surface area contributed by atoms with E-state index < -0.39 is 12.1 Å². The average Bonchev–Trinajstić information content (AvgIpc) is 2.61. The second-order valence-corrected chi connectivity index (χ2v) is 6.03. The molecule has 5 nitrogen and oxygen atoms in total. The van der Waals surface area contributed by atoms with E-state index in [2.05, 4.69) is 5.32 Å². The lowest BCUT2D eigenvalue weighted by molar-refractivity contribution is -0.122. The normalized spacial score (nSPS) is 17.0. The summed E-state index contributed by atoms with van der Waals surface area (Å²) < 4.78 is 5.78. The van der Waals surface area contributed by atoms with E-state index in [1.165, 1.54) is 17.8 Å². The molecule has 0 fully saturated rings. The molecule has 1 heterocycles. The first-order valence-corrected chi connectivity index (χ1v) is 8.24. The van der Waals surface area contributed by atoms with Crippen molar-refractivity contribution >= 4 is 17.7 Å². The van der Waals surface area contributed by atoms with Crippen LogP contribution >= 0.6 is 11.8 Å². The summed E-state index contributed by atoms with van der Waals surface area (Å²) in [6, 6.07) is 18.2. The van der Waals surface area contributed by atoms with Crippen molar-refractivity contribution < 1.29 is 14.6 Å². The Balaban J connectivity index is 1.83. The van der Waals surface area contributed by atoms with Crippen molar-refractivity contribution in [2.24, 2.45) is 0 Å². The number of carbonyl (C=O) groups excluding carboxylic acids is 1. The van der Waals surface area contributed by atoms with Crippen molar-refractivity contribution in [1.29, 1.82) is 5.26 Å².